The third-order valence-electron chi connectivity index (χ3n) is 11.4. The van der Waals surface area contributed by atoms with E-state index < -0.39 is 0 Å². The SMILES string of the molecule is CCCCCCOc1ccc(C#Cc2ccc3c(c2)C(=C2c4c(ccc5ccccc45)C[C@H]2C)c2cc(C#Cc4ccc(OCCCCCC)cc4)ccc2-3)cc1. The van der Waals surface area contributed by atoms with Crippen LogP contribution in [0.1, 0.15) is 117 Å². The van der Waals surface area contributed by atoms with Crippen LogP contribution in [-0.2, 0) is 6.42 Å². The van der Waals surface area contributed by atoms with E-state index in [9.17, 15) is 0 Å². The van der Waals surface area contributed by atoms with Gasteiger partial charge in [0.2, 0.25) is 0 Å². The fraction of sp³-hybridized carbons (Fsp3) is 0.273. The Kier molecular flexibility index (Phi) is 11.9. The summed E-state index contributed by atoms with van der Waals surface area (Å²) in [5.74, 6) is 16.0. The number of allylic oxidation sites excluding steroid dienone is 1. The molecule has 0 heterocycles. The summed E-state index contributed by atoms with van der Waals surface area (Å²) in [5, 5.41) is 2.60. The van der Waals surface area contributed by atoms with Crippen molar-refractivity contribution in [1.29, 1.82) is 0 Å². The van der Waals surface area contributed by atoms with E-state index in [1.54, 1.807) is 0 Å². The van der Waals surface area contributed by atoms with Gasteiger partial charge in [-0.3, -0.25) is 0 Å². The molecule has 57 heavy (non-hydrogen) atoms. The summed E-state index contributed by atoms with van der Waals surface area (Å²) in [6, 6.07) is 43.4. The van der Waals surface area contributed by atoms with Gasteiger partial charge in [0.1, 0.15) is 11.5 Å². The average molecular weight is 745 g/mol. The molecule has 0 unspecified atom stereocenters. The normalized spacial score (nSPS) is 13.6. The molecule has 0 aliphatic heterocycles. The van der Waals surface area contributed by atoms with Crippen LogP contribution in [0.2, 0.25) is 0 Å². The minimum absolute atomic E-state index is 0.365. The molecule has 0 saturated heterocycles. The predicted octanol–water partition coefficient (Wildman–Crippen LogP) is 13.7. The van der Waals surface area contributed by atoms with E-state index in [2.05, 4.69) is 142 Å². The molecule has 0 bridgehead atoms. The lowest BCUT2D eigenvalue weighted by molar-refractivity contribution is 0.305. The summed E-state index contributed by atoms with van der Waals surface area (Å²) in [4.78, 5) is 0. The fourth-order valence-electron chi connectivity index (χ4n) is 8.41. The summed E-state index contributed by atoms with van der Waals surface area (Å²) in [6.45, 7) is 8.37. The first-order valence-electron chi connectivity index (χ1n) is 21.1. The maximum Gasteiger partial charge on any atom is 0.119 e. The molecule has 284 valence electrons. The van der Waals surface area contributed by atoms with Crippen molar-refractivity contribution in [2.45, 2.75) is 78.6 Å². The molecule has 1 atom stereocenters. The van der Waals surface area contributed by atoms with Gasteiger partial charge in [0.05, 0.1) is 13.2 Å². The highest BCUT2D eigenvalue weighted by atomic mass is 16.5. The Bertz CT molecular complexity index is 2400. The molecule has 0 fully saturated rings. The van der Waals surface area contributed by atoms with Gasteiger partial charge < -0.3 is 9.47 Å². The summed E-state index contributed by atoms with van der Waals surface area (Å²) in [5.41, 5.74) is 14.5. The van der Waals surface area contributed by atoms with Crippen molar-refractivity contribution >= 4 is 21.9 Å². The van der Waals surface area contributed by atoms with Crippen molar-refractivity contribution in [2.75, 3.05) is 13.2 Å². The lowest BCUT2D eigenvalue weighted by atomic mass is 9.87. The maximum atomic E-state index is 5.98. The van der Waals surface area contributed by atoms with E-state index in [1.807, 2.05) is 24.3 Å². The van der Waals surface area contributed by atoms with Crippen molar-refractivity contribution in [3.8, 4) is 46.3 Å². The molecule has 0 saturated carbocycles. The first-order valence-corrected chi connectivity index (χ1v) is 21.1. The smallest absolute Gasteiger partial charge is 0.119 e. The Morgan fingerprint density at radius 1 is 0.509 bits per heavy atom. The summed E-state index contributed by atoms with van der Waals surface area (Å²) >= 11 is 0. The van der Waals surface area contributed by atoms with Crippen molar-refractivity contribution in [3.63, 3.8) is 0 Å². The van der Waals surface area contributed by atoms with E-state index in [0.29, 0.717) is 5.92 Å². The highest BCUT2D eigenvalue weighted by molar-refractivity contribution is 6.15. The van der Waals surface area contributed by atoms with Gasteiger partial charge >= 0.3 is 0 Å². The zero-order valence-corrected chi connectivity index (χ0v) is 33.7. The van der Waals surface area contributed by atoms with Crippen LogP contribution in [0, 0.1) is 29.6 Å². The summed E-state index contributed by atoms with van der Waals surface area (Å²) in [7, 11) is 0. The fourth-order valence-corrected chi connectivity index (χ4v) is 8.41. The van der Waals surface area contributed by atoms with E-state index in [-0.39, 0.29) is 0 Å². The summed E-state index contributed by atoms with van der Waals surface area (Å²) in [6.07, 6.45) is 10.6. The van der Waals surface area contributed by atoms with Crippen molar-refractivity contribution < 1.29 is 9.47 Å². The van der Waals surface area contributed by atoms with E-state index >= 15 is 0 Å². The van der Waals surface area contributed by atoms with Crippen LogP contribution in [-0.4, -0.2) is 13.2 Å². The third-order valence-corrected chi connectivity index (χ3v) is 11.4. The second kappa shape index (κ2) is 17.9. The van der Waals surface area contributed by atoms with Gasteiger partial charge in [0.25, 0.3) is 0 Å². The van der Waals surface area contributed by atoms with Crippen molar-refractivity contribution in [2.24, 2.45) is 5.92 Å². The number of hydrogen-bond donors (Lipinski definition) is 0. The number of benzene rings is 6. The molecule has 2 heteroatoms. The molecule has 0 aromatic heterocycles. The summed E-state index contributed by atoms with van der Waals surface area (Å²) < 4.78 is 12.0. The first-order chi connectivity index (χ1) is 28.1. The Balaban J connectivity index is 1.13. The lowest BCUT2D eigenvalue weighted by Gasteiger charge is -2.16. The van der Waals surface area contributed by atoms with Crippen LogP contribution in [0.15, 0.2) is 121 Å². The molecule has 6 aromatic carbocycles. The minimum Gasteiger partial charge on any atom is -0.494 e. The van der Waals surface area contributed by atoms with Gasteiger partial charge in [-0.05, 0) is 153 Å². The highest BCUT2D eigenvalue weighted by Gasteiger charge is 2.34. The Labute approximate surface area is 340 Å². The van der Waals surface area contributed by atoms with Gasteiger partial charge in [-0.1, -0.05) is 132 Å². The van der Waals surface area contributed by atoms with Crippen LogP contribution < -0.4 is 9.47 Å². The van der Waals surface area contributed by atoms with E-state index in [0.717, 1.165) is 66.2 Å². The van der Waals surface area contributed by atoms with Gasteiger partial charge in [-0.25, -0.2) is 0 Å². The van der Waals surface area contributed by atoms with Gasteiger partial charge in [0.15, 0.2) is 0 Å². The molecule has 0 spiro atoms. The van der Waals surface area contributed by atoms with Crippen LogP contribution in [0.5, 0.6) is 11.5 Å². The Morgan fingerprint density at radius 2 is 1.02 bits per heavy atom. The predicted molar refractivity (Wildman–Crippen MR) is 239 cm³/mol. The third kappa shape index (κ3) is 8.58. The first kappa shape index (κ1) is 37.9. The largest absolute Gasteiger partial charge is 0.494 e. The number of rotatable bonds is 12. The molecule has 8 rings (SSSR count). The molecule has 6 aromatic rings. The second-order valence-corrected chi connectivity index (χ2v) is 15.6. The molecule has 2 aliphatic rings. The van der Waals surface area contributed by atoms with Crippen LogP contribution in [0.3, 0.4) is 0 Å². The molecule has 0 radical (unpaired) electrons. The second-order valence-electron chi connectivity index (χ2n) is 15.6. The van der Waals surface area contributed by atoms with Crippen molar-refractivity contribution in [1.82, 2.24) is 0 Å². The topological polar surface area (TPSA) is 18.5 Å². The monoisotopic (exact) mass is 744 g/mol. The number of ether oxygens (including phenoxy) is 2. The maximum absolute atomic E-state index is 5.98. The molecule has 2 aliphatic carbocycles. The van der Waals surface area contributed by atoms with Gasteiger partial charge in [-0.15, -0.1) is 0 Å². The van der Waals surface area contributed by atoms with E-state index in [4.69, 9.17) is 9.47 Å². The van der Waals surface area contributed by atoms with Gasteiger partial charge in [-0.2, -0.15) is 0 Å². The molecular weight excluding hydrogens is 693 g/mol. The molecule has 2 nitrogen and oxygen atoms in total. The molecular formula is C55H52O2. The Hall–Kier alpha value is -5.96. The van der Waals surface area contributed by atoms with Crippen LogP contribution in [0.4, 0.5) is 0 Å². The van der Waals surface area contributed by atoms with Crippen LogP contribution >= 0.6 is 0 Å². The average Bonchev–Trinajstić information content (AvgIpc) is 3.75. The van der Waals surface area contributed by atoms with Gasteiger partial charge in [0, 0.05) is 22.3 Å². The lowest BCUT2D eigenvalue weighted by Crippen LogP contribution is -1.97. The van der Waals surface area contributed by atoms with E-state index in [1.165, 1.54) is 93.8 Å². The zero-order valence-electron chi connectivity index (χ0n) is 33.7. The molecule has 0 N–H and O–H groups in total. The highest BCUT2D eigenvalue weighted by Crippen LogP contribution is 2.53. The zero-order chi connectivity index (χ0) is 39.0. The van der Waals surface area contributed by atoms with Crippen molar-refractivity contribution in [3.05, 3.63) is 166 Å². The quantitative estimate of drug-likeness (QED) is 0.0916. The number of fused-ring (bicyclic) bond motifs is 6. The van der Waals surface area contributed by atoms with Crippen LogP contribution in [0.25, 0.3) is 33.0 Å². The standard InChI is InChI=1S/C55H52O2/c1-4-6-8-12-34-56-46-28-20-40(21-29-46)16-18-42-24-32-49-50-33-25-43(19-17-41-22-30-47(31-23-41)57-35-13-9-7-5-2)38-52(50)55(51(49)37-42)53-39(3)36-45-27-26-44-14-10-11-15-48(44)54(45)53/h10-11,14-15,20-33,37-39H,4-9,12-13,34-36H2,1-3H3/t39-/m1/s1. The number of hydrogen-bond acceptors (Lipinski definition) is 2. The minimum atomic E-state index is 0.365. The molecule has 0 amide bonds. The Morgan fingerprint density at radius 3 is 1.56 bits per heavy atom. The number of unbranched alkanes of at least 4 members (excludes halogenated alkanes) is 6.